The van der Waals surface area contributed by atoms with Crippen molar-refractivity contribution in [3.8, 4) is 0 Å². The van der Waals surface area contributed by atoms with E-state index < -0.39 is 14.5 Å². The molecule has 0 amide bonds. The van der Waals surface area contributed by atoms with Crippen LogP contribution in [0.4, 0.5) is 34.5 Å². The molecule has 1 aromatic rings. The van der Waals surface area contributed by atoms with Crippen LogP contribution < -0.4 is 0 Å². The molecule has 0 aliphatic heterocycles. The van der Waals surface area contributed by atoms with Crippen LogP contribution in [0.5, 0.6) is 0 Å². The van der Waals surface area contributed by atoms with Gasteiger partial charge in [-0.15, -0.1) is 0 Å². The van der Waals surface area contributed by atoms with Crippen molar-refractivity contribution in [1.29, 1.82) is 0 Å². The third-order valence-electron chi connectivity index (χ3n) is 1.96. The number of halogens is 8. The van der Waals surface area contributed by atoms with Crippen molar-refractivity contribution in [2.75, 3.05) is 0 Å². The number of imidazole rings is 1. The number of nitrogens with zero attached hydrogens (tertiary/aromatic N) is 2. The van der Waals surface area contributed by atoms with E-state index in [2.05, 4.69) is 30.3 Å². The maximum atomic E-state index is 9.75. The molecule has 120 valence electrons. The van der Waals surface area contributed by atoms with Gasteiger partial charge in [0.05, 0.1) is 5.69 Å². The summed E-state index contributed by atoms with van der Waals surface area (Å²) >= 11 is 0. The van der Waals surface area contributed by atoms with Crippen molar-refractivity contribution < 1.29 is 54.0 Å². The third-order valence-corrected chi connectivity index (χ3v) is 1.96. The summed E-state index contributed by atoms with van der Waals surface area (Å²) in [5, 5.41) is 0. The summed E-state index contributed by atoms with van der Waals surface area (Å²) in [6.07, 6.45) is 0. The third kappa shape index (κ3) is 19.4. The topological polar surface area (TPSA) is 17.8 Å². The number of rotatable bonds is 1. The van der Waals surface area contributed by atoms with Crippen LogP contribution in [0.15, 0.2) is 0 Å². The first-order valence-corrected chi connectivity index (χ1v) is 5.41. The minimum absolute atomic E-state index is 0. The Morgan fingerprint density at radius 1 is 0.857 bits per heavy atom. The van der Waals surface area contributed by atoms with Crippen molar-refractivity contribution in [2.24, 2.45) is 0 Å². The van der Waals surface area contributed by atoms with Crippen LogP contribution in [0, 0.1) is 20.8 Å². The summed E-state index contributed by atoms with van der Waals surface area (Å²) in [5.74, 6) is 1.12. The van der Waals surface area contributed by atoms with Gasteiger partial charge in [-0.05, 0) is 27.7 Å². The smallest absolute Gasteiger partial charge is 0.418 e. The van der Waals surface area contributed by atoms with Gasteiger partial charge in [0.15, 0.2) is 0 Å². The van der Waals surface area contributed by atoms with Crippen LogP contribution in [0.2, 0.25) is 0 Å². The van der Waals surface area contributed by atoms with Crippen LogP contribution in [-0.4, -0.2) is 24.1 Å². The van der Waals surface area contributed by atoms with Crippen molar-refractivity contribution >= 4 is 14.5 Å². The van der Waals surface area contributed by atoms with E-state index in [0.29, 0.717) is 0 Å². The number of hydrogen-bond acceptors (Lipinski definition) is 1. The monoisotopic (exact) mass is 376 g/mol. The van der Waals surface area contributed by atoms with Gasteiger partial charge in [0, 0.05) is 12.2 Å². The molecule has 0 unspecified atom stereocenters. The molecule has 0 aliphatic rings. The van der Waals surface area contributed by atoms with E-state index in [1.807, 2.05) is 6.92 Å². The van der Waals surface area contributed by atoms with Crippen LogP contribution in [0.1, 0.15) is 24.1 Å². The Bertz CT molecular complexity index is 380. The summed E-state index contributed by atoms with van der Waals surface area (Å²) in [5.41, 5.74) is 2.44. The van der Waals surface area contributed by atoms with Crippen LogP contribution in [0.3, 0.4) is 0 Å². The van der Waals surface area contributed by atoms with Crippen molar-refractivity contribution in [3.63, 3.8) is 0 Å². The minimum atomic E-state index is -6.00. The molecule has 0 aliphatic carbocycles. The van der Waals surface area contributed by atoms with Crippen molar-refractivity contribution in [2.45, 2.75) is 34.2 Å². The van der Waals surface area contributed by atoms with Gasteiger partial charge in [-0.3, -0.25) is 0 Å². The molecule has 0 saturated heterocycles. The van der Waals surface area contributed by atoms with Crippen LogP contribution >= 0.6 is 0 Å². The average Bonchev–Trinajstić information content (AvgIpc) is 2.35. The molecule has 13 heteroatoms. The zero-order chi connectivity index (χ0) is 16.7. The molecule has 0 saturated carbocycles. The van der Waals surface area contributed by atoms with Gasteiger partial charge in [0.2, 0.25) is 0 Å². The molecule has 1 rings (SSSR count). The molecule has 0 N–H and O–H groups in total. The molecule has 1 heterocycles. The van der Waals surface area contributed by atoms with Crippen LogP contribution in [-0.2, 0) is 26.0 Å². The molecule has 1 aromatic heterocycles. The standard InChI is InChI=1S/C8H14N2.2BF4.Zn/c1-5-10-7(3)6(2)9-8(10)4;2*2-1(3,4)5;/h5H2,1-4H3;;;/q;2*-1;+2. The molecule has 0 radical (unpaired) electrons. The van der Waals surface area contributed by atoms with Crippen molar-refractivity contribution in [3.05, 3.63) is 17.2 Å². The number of aromatic nitrogens is 2. The Labute approximate surface area is 130 Å². The Morgan fingerprint density at radius 3 is 1.24 bits per heavy atom. The van der Waals surface area contributed by atoms with E-state index in [1.165, 1.54) is 5.69 Å². The Balaban J connectivity index is -0.000000254. The predicted octanol–water partition coefficient (Wildman–Crippen LogP) is 4.43. The van der Waals surface area contributed by atoms with Gasteiger partial charge in [0.25, 0.3) is 0 Å². The summed E-state index contributed by atoms with van der Waals surface area (Å²) in [4.78, 5) is 4.34. The zero-order valence-electron chi connectivity index (χ0n) is 12.0. The first-order chi connectivity index (χ1) is 8.66. The Morgan fingerprint density at radius 2 is 1.14 bits per heavy atom. The molecular weight excluding hydrogens is 363 g/mol. The molecule has 21 heavy (non-hydrogen) atoms. The molecule has 0 bridgehead atoms. The quantitative estimate of drug-likeness (QED) is 0.523. The summed E-state index contributed by atoms with van der Waals surface area (Å²) < 4.78 is 80.2. The van der Waals surface area contributed by atoms with E-state index >= 15 is 0 Å². The summed E-state index contributed by atoms with van der Waals surface area (Å²) in [7, 11) is -12.0. The second kappa shape index (κ2) is 10.2. The first kappa shape index (κ1) is 25.4. The van der Waals surface area contributed by atoms with E-state index in [1.54, 1.807) is 0 Å². The Hall–Kier alpha value is -0.597. The van der Waals surface area contributed by atoms with Gasteiger partial charge in [-0.2, -0.15) is 0 Å². The van der Waals surface area contributed by atoms with Crippen molar-refractivity contribution in [1.82, 2.24) is 9.55 Å². The fourth-order valence-electron chi connectivity index (χ4n) is 1.29. The number of hydrogen-bond donors (Lipinski definition) is 0. The second-order valence-electron chi connectivity index (χ2n) is 3.56. The van der Waals surface area contributed by atoms with E-state index in [9.17, 15) is 34.5 Å². The number of aryl methyl sites for hydroxylation is 2. The predicted molar refractivity (Wildman–Crippen MR) is 62.5 cm³/mol. The largest absolute Gasteiger partial charge is 2.00 e. The maximum Gasteiger partial charge on any atom is 2.00 e. The fourth-order valence-corrected chi connectivity index (χ4v) is 1.29. The molecular formula is C8H14B2F8N2Zn. The van der Waals surface area contributed by atoms with Gasteiger partial charge < -0.3 is 39.1 Å². The minimum Gasteiger partial charge on any atom is -0.418 e. The first-order valence-electron chi connectivity index (χ1n) is 5.41. The van der Waals surface area contributed by atoms with Gasteiger partial charge in [-0.25, -0.2) is 4.98 Å². The van der Waals surface area contributed by atoms with Gasteiger partial charge >= 0.3 is 34.0 Å². The van der Waals surface area contributed by atoms with Crippen LogP contribution in [0.25, 0.3) is 0 Å². The normalized spacial score (nSPS) is 10.7. The SMILES string of the molecule is CCn1c(C)nc(C)c1C.F[B-](F)(F)F.F[B-](F)(F)F.[Zn+2]. The average molecular weight is 377 g/mol. The fraction of sp³-hybridized carbons (Fsp3) is 0.625. The molecule has 0 spiro atoms. The molecule has 0 fully saturated rings. The van der Waals surface area contributed by atoms with E-state index in [-0.39, 0.29) is 19.5 Å². The van der Waals surface area contributed by atoms with Gasteiger partial charge in [-0.1, -0.05) is 0 Å². The zero-order valence-corrected chi connectivity index (χ0v) is 15.0. The summed E-state index contributed by atoms with van der Waals surface area (Å²) in [6, 6.07) is 0. The second-order valence-corrected chi connectivity index (χ2v) is 3.56. The van der Waals surface area contributed by atoms with E-state index in [0.717, 1.165) is 18.1 Å². The van der Waals surface area contributed by atoms with E-state index in [4.69, 9.17) is 0 Å². The summed E-state index contributed by atoms with van der Waals surface area (Å²) in [6.45, 7) is 9.37. The molecule has 0 atom stereocenters. The molecule has 2 nitrogen and oxygen atoms in total. The maximum absolute atomic E-state index is 9.75. The van der Waals surface area contributed by atoms with Gasteiger partial charge in [0.1, 0.15) is 5.82 Å². The molecule has 0 aromatic carbocycles. The Kier molecular flexibility index (Phi) is 12.3.